The fourth-order valence-electron chi connectivity index (χ4n) is 1.27. The van der Waals surface area contributed by atoms with Crippen molar-refractivity contribution in [2.45, 2.75) is 39.5 Å². The summed E-state index contributed by atoms with van der Waals surface area (Å²) in [6.07, 6.45) is 1.91. The first-order chi connectivity index (χ1) is 6.54. The van der Waals surface area contributed by atoms with Crippen LogP contribution in [0.5, 0.6) is 0 Å². The van der Waals surface area contributed by atoms with Crippen LogP contribution in [0, 0.1) is 0 Å². The molecular formula is C10H16O4. The number of aliphatic carboxylic acids is 2. The maximum Gasteiger partial charge on any atom is 0.332 e. The maximum absolute atomic E-state index is 10.8. The zero-order valence-corrected chi connectivity index (χ0v) is 8.54. The molecule has 0 heterocycles. The lowest BCUT2D eigenvalue weighted by atomic mass is 10.00. The van der Waals surface area contributed by atoms with Crippen molar-refractivity contribution < 1.29 is 19.8 Å². The summed E-state index contributed by atoms with van der Waals surface area (Å²) in [6, 6.07) is 0. The highest BCUT2D eigenvalue weighted by Gasteiger charge is 2.18. The van der Waals surface area contributed by atoms with Crippen LogP contribution in [0.1, 0.15) is 39.5 Å². The number of hydrogen-bond donors (Lipinski definition) is 2. The van der Waals surface area contributed by atoms with E-state index in [2.05, 4.69) is 0 Å². The van der Waals surface area contributed by atoms with Crippen LogP contribution >= 0.6 is 0 Å². The number of carboxylic acid groups (broad SMARTS) is 2. The van der Waals surface area contributed by atoms with E-state index in [-0.39, 0.29) is 11.1 Å². The van der Waals surface area contributed by atoms with Crippen molar-refractivity contribution in [3.05, 3.63) is 11.1 Å². The highest BCUT2D eigenvalue weighted by Crippen LogP contribution is 2.16. The number of carboxylic acids is 2. The minimum absolute atomic E-state index is 0.0434. The molecule has 0 radical (unpaired) electrons. The summed E-state index contributed by atoms with van der Waals surface area (Å²) in [5.74, 6) is -2.23. The van der Waals surface area contributed by atoms with Crippen molar-refractivity contribution in [3.63, 3.8) is 0 Å². The fraction of sp³-hybridized carbons (Fsp3) is 0.600. The molecule has 0 amide bonds. The van der Waals surface area contributed by atoms with E-state index in [9.17, 15) is 9.59 Å². The monoisotopic (exact) mass is 200 g/mol. The Hall–Kier alpha value is -1.32. The Kier molecular flexibility index (Phi) is 5.60. The molecule has 14 heavy (non-hydrogen) atoms. The average molecular weight is 200 g/mol. The SMILES string of the molecule is CCCC(C(=O)O)=C(CCC)C(=O)O. The zero-order valence-electron chi connectivity index (χ0n) is 8.54. The zero-order chi connectivity index (χ0) is 11.1. The van der Waals surface area contributed by atoms with Gasteiger partial charge in [-0.15, -0.1) is 0 Å². The van der Waals surface area contributed by atoms with E-state index in [1.54, 1.807) is 0 Å². The lowest BCUT2D eigenvalue weighted by Crippen LogP contribution is -2.11. The van der Waals surface area contributed by atoms with Gasteiger partial charge in [0.15, 0.2) is 0 Å². The van der Waals surface area contributed by atoms with Crippen LogP contribution < -0.4 is 0 Å². The van der Waals surface area contributed by atoms with Crippen molar-refractivity contribution in [1.29, 1.82) is 0 Å². The second-order valence-corrected chi connectivity index (χ2v) is 3.07. The van der Waals surface area contributed by atoms with E-state index >= 15 is 0 Å². The molecule has 4 heteroatoms. The smallest absolute Gasteiger partial charge is 0.332 e. The lowest BCUT2D eigenvalue weighted by molar-refractivity contribution is -0.136. The Balaban J connectivity index is 5.03. The summed E-state index contributed by atoms with van der Waals surface area (Å²) < 4.78 is 0. The summed E-state index contributed by atoms with van der Waals surface area (Å²) in [5, 5.41) is 17.7. The minimum Gasteiger partial charge on any atom is -0.478 e. The fourth-order valence-corrected chi connectivity index (χ4v) is 1.27. The summed E-state index contributed by atoms with van der Waals surface area (Å²) in [7, 11) is 0. The second-order valence-electron chi connectivity index (χ2n) is 3.07. The van der Waals surface area contributed by atoms with E-state index in [1.165, 1.54) is 0 Å². The van der Waals surface area contributed by atoms with Gasteiger partial charge >= 0.3 is 11.9 Å². The average Bonchev–Trinajstić information content (AvgIpc) is 2.10. The van der Waals surface area contributed by atoms with Gasteiger partial charge in [-0.1, -0.05) is 26.7 Å². The molecular weight excluding hydrogens is 184 g/mol. The standard InChI is InChI=1S/C10H16O4/c1-3-5-7(9(11)12)8(6-4-2)10(13)14/h3-6H2,1-2H3,(H,11,12)(H,13,14). The molecule has 0 spiro atoms. The molecule has 0 aromatic heterocycles. The van der Waals surface area contributed by atoms with E-state index in [4.69, 9.17) is 10.2 Å². The van der Waals surface area contributed by atoms with E-state index in [1.807, 2.05) is 13.8 Å². The van der Waals surface area contributed by atoms with Crippen LogP contribution in [0.2, 0.25) is 0 Å². The van der Waals surface area contributed by atoms with Crippen molar-refractivity contribution in [1.82, 2.24) is 0 Å². The highest BCUT2D eigenvalue weighted by atomic mass is 16.4. The first-order valence-electron chi connectivity index (χ1n) is 4.73. The Morgan fingerprint density at radius 2 is 1.14 bits per heavy atom. The Morgan fingerprint density at radius 3 is 1.29 bits per heavy atom. The summed E-state index contributed by atoms with van der Waals surface area (Å²) >= 11 is 0. The van der Waals surface area contributed by atoms with Crippen molar-refractivity contribution in [2.75, 3.05) is 0 Å². The summed E-state index contributed by atoms with van der Waals surface area (Å²) in [4.78, 5) is 21.6. The third-order valence-electron chi connectivity index (χ3n) is 1.88. The van der Waals surface area contributed by atoms with Crippen LogP contribution in [0.3, 0.4) is 0 Å². The van der Waals surface area contributed by atoms with Gasteiger partial charge in [0.25, 0.3) is 0 Å². The molecule has 0 aliphatic carbocycles. The molecule has 0 rings (SSSR count). The maximum atomic E-state index is 10.8. The molecule has 2 N–H and O–H groups in total. The molecule has 0 aromatic rings. The quantitative estimate of drug-likeness (QED) is 0.643. The van der Waals surface area contributed by atoms with Gasteiger partial charge in [-0.05, 0) is 12.8 Å². The van der Waals surface area contributed by atoms with Gasteiger partial charge in [-0.2, -0.15) is 0 Å². The lowest BCUT2D eigenvalue weighted by Gasteiger charge is -2.06. The Labute approximate surface area is 83.2 Å². The molecule has 0 bridgehead atoms. The Bertz CT molecular complexity index is 227. The van der Waals surface area contributed by atoms with Gasteiger partial charge in [-0.3, -0.25) is 0 Å². The van der Waals surface area contributed by atoms with Gasteiger partial charge in [0.2, 0.25) is 0 Å². The van der Waals surface area contributed by atoms with Crippen LogP contribution in [0.4, 0.5) is 0 Å². The van der Waals surface area contributed by atoms with E-state index in [0.29, 0.717) is 25.7 Å². The van der Waals surface area contributed by atoms with Gasteiger partial charge in [0.1, 0.15) is 0 Å². The van der Waals surface area contributed by atoms with Crippen LogP contribution in [-0.4, -0.2) is 22.2 Å². The topological polar surface area (TPSA) is 74.6 Å². The third kappa shape index (κ3) is 3.60. The number of hydrogen-bond acceptors (Lipinski definition) is 2. The van der Waals surface area contributed by atoms with E-state index in [0.717, 1.165) is 0 Å². The molecule has 0 fully saturated rings. The Morgan fingerprint density at radius 1 is 0.857 bits per heavy atom. The molecule has 4 nitrogen and oxygen atoms in total. The van der Waals surface area contributed by atoms with Crippen LogP contribution in [-0.2, 0) is 9.59 Å². The predicted molar refractivity (Wildman–Crippen MR) is 52.1 cm³/mol. The van der Waals surface area contributed by atoms with Crippen molar-refractivity contribution in [2.24, 2.45) is 0 Å². The van der Waals surface area contributed by atoms with Crippen LogP contribution in [0.15, 0.2) is 11.1 Å². The highest BCUT2D eigenvalue weighted by molar-refractivity contribution is 5.98. The molecule has 0 saturated carbocycles. The molecule has 0 aliphatic rings. The predicted octanol–water partition coefficient (Wildman–Crippen LogP) is 2.05. The largest absolute Gasteiger partial charge is 0.478 e. The molecule has 0 atom stereocenters. The third-order valence-corrected chi connectivity index (χ3v) is 1.88. The minimum atomic E-state index is -1.11. The second kappa shape index (κ2) is 6.18. The molecule has 80 valence electrons. The number of carbonyl (C=O) groups is 2. The first-order valence-corrected chi connectivity index (χ1v) is 4.73. The van der Waals surface area contributed by atoms with Gasteiger partial charge in [0, 0.05) is 11.1 Å². The normalized spacial score (nSPS) is 12.1. The first kappa shape index (κ1) is 12.7. The van der Waals surface area contributed by atoms with Crippen LogP contribution in [0.25, 0.3) is 0 Å². The van der Waals surface area contributed by atoms with Gasteiger partial charge in [-0.25, -0.2) is 9.59 Å². The molecule has 0 unspecified atom stereocenters. The number of rotatable bonds is 6. The van der Waals surface area contributed by atoms with Gasteiger partial charge < -0.3 is 10.2 Å². The molecule has 0 saturated heterocycles. The summed E-state index contributed by atoms with van der Waals surface area (Å²) in [5.41, 5.74) is 0.0868. The van der Waals surface area contributed by atoms with E-state index < -0.39 is 11.9 Å². The van der Waals surface area contributed by atoms with Crippen molar-refractivity contribution in [3.8, 4) is 0 Å². The molecule has 0 aliphatic heterocycles. The molecule has 0 aromatic carbocycles. The summed E-state index contributed by atoms with van der Waals surface area (Å²) in [6.45, 7) is 3.66. The van der Waals surface area contributed by atoms with Crippen molar-refractivity contribution >= 4 is 11.9 Å². The van der Waals surface area contributed by atoms with Gasteiger partial charge in [0.05, 0.1) is 0 Å².